The van der Waals surface area contributed by atoms with Gasteiger partial charge in [0.1, 0.15) is 0 Å². The van der Waals surface area contributed by atoms with Gasteiger partial charge in [0.25, 0.3) is 0 Å². The minimum atomic E-state index is -2.36. The van der Waals surface area contributed by atoms with Gasteiger partial charge in [0.05, 0.1) is 0 Å². The van der Waals surface area contributed by atoms with Crippen LogP contribution in [0.4, 0.5) is 0 Å². The molecule has 0 aromatic heterocycles. The van der Waals surface area contributed by atoms with Crippen LogP contribution < -0.4 is 3.27 Å². The van der Waals surface area contributed by atoms with E-state index in [0.29, 0.717) is 0 Å². The molecule has 0 fully saturated rings. The summed E-state index contributed by atoms with van der Waals surface area (Å²) < 4.78 is 3.68. The third-order valence-corrected chi connectivity index (χ3v) is 30.2. The predicted octanol–water partition coefficient (Wildman–Crippen LogP) is 9.23. The molecule has 0 atom stereocenters. The molecule has 0 unspecified atom stereocenters. The normalized spacial score (nSPS) is 14.2. The van der Waals surface area contributed by atoms with Crippen molar-refractivity contribution in [1.82, 2.24) is 0 Å². The summed E-state index contributed by atoms with van der Waals surface area (Å²) in [4.78, 5) is 0. The number of fused-ring (bicyclic) bond motifs is 3. The Morgan fingerprint density at radius 3 is 1.86 bits per heavy atom. The van der Waals surface area contributed by atoms with E-state index in [-0.39, 0.29) is 10.8 Å². The third-order valence-electron chi connectivity index (χ3n) is 9.19. The summed E-state index contributed by atoms with van der Waals surface area (Å²) in [7, 11) is 0. The molecule has 0 saturated heterocycles. The summed E-state index contributed by atoms with van der Waals surface area (Å²) in [6, 6.07) is 37.8. The van der Waals surface area contributed by atoms with Gasteiger partial charge in [-0.1, -0.05) is 0 Å². The first-order valence-electron chi connectivity index (χ1n) is 15.7. The van der Waals surface area contributed by atoms with Crippen molar-refractivity contribution in [3.05, 3.63) is 146 Å². The molecule has 2 aliphatic carbocycles. The molecule has 0 N–H and O–H groups in total. The molecule has 6 rings (SSSR count). The molecule has 0 nitrogen and oxygen atoms in total. The number of hydrogen-bond donors (Lipinski definition) is 0. The molecule has 0 aliphatic heterocycles. The summed E-state index contributed by atoms with van der Waals surface area (Å²) in [6.45, 7) is 14.4. The Balaban J connectivity index is 1.55. The van der Waals surface area contributed by atoms with Gasteiger partial charge in [0.15, 0.2) is 0 Å². The molecule has 0 bridgehead atoms. The van der Waals surface area contributed by atoms with Crippen LogP contribution in [0.25, 0.3) is 11.1 Å². The number of allylic oxidation sites excluding steroid dienone is 4. The fourth-order valence-corrected chi connectivity index (χ4v) is 32.3. The molecule has 0 spiro atoms. The zero-order valence-corrected chi connectivity index (χ0v) is 29.9. The zero-order valence-electron chi connectivity index (χ0n) is 26.3. The predicted molar refractivity (Wildman–Crippen MR) is 181 cm³/mol. The Bertz CT molecular complexity index is 1590. The van der Waals surface area contributed by atoms with Gasteiger partial charge >= 0.3 is 264 Å². The first-order chi connectivity index (χ1) is 20.1. The van der Waals surface area contributed by atoms with E-state index in [4.69, 9.17) is 0 Å². The zero-order chi connectivity index (χ0) is 29.5. The first-order valence-corrected chi connectivity index (χ1v) is 24.6. The Labute approximate surface area is 262 Å². The SMILES string of the molecule is CC(C)(C)c1ccc2c(c1)Cc1c-2ccc(C(C)(C)C)[c]1[Zr]([C]1=CC=CC1)[SiH](Cc1ccccc1)Cc1ccccc1. The Kier molecular flexibility index (Phi) is 8.34. The summed E-state index contributed by atoms with van der Waals surface area (Å²) >= 11 is -2.36. The monoisotopic (exact) mass is 643 g/mol. The second kappa shape index (κ2) is 11.9. The maximum absolute atomic E-state index is 2.55. The van der Waals surface area contributed by atoms with E-state index in [9.17, 15) is 0 Å². The van der Waals surface area contributed by atoms with Gasteiger partial charge in [-0.15, -0.1) is 0 Å². The van der Waals surface area contributed by atoms with Crippen LogP contribution in [0, 0.1) is 0 Å². The molecule has 2 aliphatic rings. The Hall–Kier alpha value is -2.54. The summed E-state index contributed by atoms with van der Waals surface area (Å²) in [5.74, 6) is -1.26. The van der Waals surface area contributed by atoms with E-state index >= 15 is 0 Å². The van der Waals surface area contributed by atoms with Crippen molar-refractivity contribution in [2.24, 2.45) is 0 Å². The van der Waals surface area contributed by atoms with E-state index in [1.165, 1.54) is 45.5 Å². The third kappa shape index (κ3) is 6.09. The van der Waals surface area contributed by atoms with Crippen molar-refractivity contribution >= 4 is 9.19 Å². The molecule has 0 amide bonds. The quantitative estimate of drug-likeness (QED) is 0.155. The molecule has 0 radical (unpaired) electrons. The average molecular weight is 645 g/mol. The van der Waals surface area contributed by atoms with Crippen LogP contribution in [-0.2, 0) is 50.2 Å². The van der Waals surface area contributed by atoms with Crippen molar-refractivity contribution in [3.8, 4) is 11.1 Å². The molecular weight excluding hydrogens is 600 g/mol. The van der Waals surface area contributed by atoms with E-state index in [1.807, 2.05) is 6.55 Å². The fraction of sp³-hybridized carbons (Fsp3) is 0.300. The minimum absolute atomic E-state index is 0.118. The van der Waals surface area contributed by atoms with Crippen LogP contribution in [0.3, 0.4) is 0 Å². The van der Waals surface area contributed by atoms with E-state index in [1.54, 1.807) is 11.1 Å². The standard InChI is InChI=1S/C21H25.C14H15Si.C5H5.Zr/c1-20(2,3)16-7-9-18-14(12-16)11-15-13-17(21(4,5)6)8-10-19(15)18;1-3-7-13(8-4-1)11-15-12-14-9-5-2-6-10-14;1-2-4-5-3-1;/h7-10,12H,11H2,1-6H3;1-10,15H,11-12H2;1-3H,4H2;. The molecule has 4 aromatic rings. The van der Waals surface area contributed by atoms with Crippen molar-refractivity contribution in [1.29, 1.82) is 0 Å². The van der Waals surface area contributed by atoms with Crippen molar-refractivity contribution in [2.45, 2.75) is 77.3 Å². The molecule has 0 saturated carbocycles. The summed E-state index contributed by atoms with van der Waals surface area (Å²) in [5, 5.41) is 0. The average Bonchev–Trinajstić information content (AvgIpc) is 3.61. The number of rotatable bonds is 7. The number of benzene rings is 4. The van der Waals surface area contributed by atoms with Crippen LogP contribution in [-0.4, -0.2) is 5.92 Å². The van der Waals surface area contributed by atoms with Crippen molar-refractivity contribution in [3.63, 3.8) is 0 Å². The first kappa shape index (κ1) is 29.5. The molecular formula is C40H45SiZr. The summed E-state index contributed by atoms with van der Waals surface area (Å²) in [6.07, 6.45) is 9.59. The van der Waals surface area contributed by atoms with Gasteiger partial charge < -0.3 is 0 Å². The maximum atomic E-state index is 2.55. The van der Waals surface area contributed by atoms with Crippen molar-refractivity contribution < 1.29 is 20.9 Å². The van der Waals surface area contributed by atoms with Crippen LogP contribution in [0.1, 0.15) is 81.3 Å². The molecule has 4 aromatic carbocycles. The van der Waals surface area contributed by atoms with Gasteiger partial charge in [0, 0.05) is 0 Å². The van der Waals surface area contributed by atoms with Crippen LogP contribution in [0.15, 0.2) is 113 Å². The van der Waals surface area contributed by atoms with Crippen LogP contribution in [0.2, 0.25) is 0 Å². The van der Waals surface area contributed by atoms with Crippen LogP contribution >= 0.6 is 0 Å². The topological polar surface area (TPSA) is 0 Å². The molecule has 213 valence electrons. The second-order valence-electron chi connectivity index (χ2n) is 14.4. The van der Waals surface area contributed by atoms with E-state index in [2.05, 4.69) is 151 Å². The van der Waals surface area contributed by atoms with Gasteiger partial charge in [0.2, 0.25) is 0 Å². The van der Waals surface area contributed by atoms with Gasteiger partial charge in [-0.05, 0) is 0 Å². The molecule has 0 heterocycles. The Morgan fingerprint density at radius 1 is 0.690 bits per heavy atom. The van der Waals surface area contributed by atoms with E-state index in [0.717, 1.165) is 12.8 Å². The fourth-order valence-electron chi connectivity index (χ4n) is 7.02. The van der Waals surface area contributed by atoms with Crippen molar-refractivity contribution in [2.75, 3.05) is 0 Å². The van der Waals surface area contributed by atoms with Gasteiger partial charge in [-0.2, -0.15) is 0 Å². The molecule has 2 heteroatoms. The second-order valence-corrected chi connectivity index (χ2v) is 30.9. The van der Waals surface area contributed by atoms with E-state index < -0.39 is 26.8 Å². The van der Waals surface area contributed by atoms with Gasteiger partial charge in [-0.3, -0.25) is 0 Å². The van der Waals surface area contributed by atoms with Crippen LogP contribution in [0.5, 0.6) is 0 Å². The van der Waals surface area contributed by atoms with Gasteiger partial charge in [-0.25, -0.2) is 0 Å². The number of hydrogen-bond acceptors (Lipinski definition) is 0. The summed E-state index contributed by atoms with van der Waals surface area (Å²) in [5.41, 5.74) is 12.7. The Morgan fingerprint density at radius 2 is 1.31 bits per heavy atom. The molecule has 42 heavy (non-hydrogen) atoms.